The first-order valence-corrected chi connectivity index (χ1v) is 6.89. The number of anilines is 1. The second-order valence-corrected chi connectivity index (χ2v) is 5.49. The molecule has 0 fully saturated rings. The van der Waals surface area contributed by atoms with Gasteiger partial charge in [-0.3, -0.25) is 4.79 Å². The molecule has 0 unspecified atom stereocenters. The fourth-order valence-electron chi connectivity index (χ4n) is 1.50. The number of rotatable bonds is 3. The Balaban J connectivity index is 2.28. The van der Waals surface area contributed by atoms with Crippen LogP contribution >= 0.6 is 34.2 Å². The van der Waals surface area contributed by atoms with Gasteiger partial charge in [0, 0.05) is 9.77 Å². The lowest BCUT2D eigenvalue weighted by atomic mass is 10.1. The van der Waals surface area contributed by atoms with Gasteiger partial charge in [-0.25, -0.2) is 9.78 Å². The number of pyridine rings is 1. The van der Waals surface area contributed by atoms with E-state index in [0.29, 0.717) is 5.02 Å². The topological polar surface area (TPSA) is 79.3 Å². The molecular weight excluding hydrogens is 395 g/mol. The highest BCUT2D eigenvalue weighted by Crippen LogP contribution is 2.19. The van der Waals surface area contributed by atoms with E-state index >= 15 is 0 Å². The lowest BCUT2D eigenvalue weighted by Gasteiger charge is -2.08. The molecule has 20 heavy (non-hydrogen) atoms. The molecule has 0 bridgehead atoms. The SMILES string of the molecule is O=C(Nc1ccc(I)cc1C(=O)O)c1ccc(Cl)cn1. The Morgan fingerprint density at radius 2 is 2.00 bits per heavy atom. The van der Waals surface area contributed by atoms with E-state index in [2.05, 4.69) is 10.3 Å². The fourth-order valence-corrected chi connectivity index (χ4v) is 2.10. The molecule has 1 aromatic heterocycles. The molecule has 2 N–H and O–H groups in total. The summed E-state index contributed by atoms with van der Waals surface area (Å²) in [6.45, 7) is 0. The molecule has 0 aliphatic rings. The third-order valence-corrected chi connectivity index (χ3v) is 3.31. The van der Waals surface area contributed by atoms with Crippen molar-refractivity contribution in [2.75, 3.05) is 5.32 Å². The highest BCUT2D eigenvalue weighted by atomic mass is 127. The number of hydrogen-bond donors (Lipinski definition) is 2. The Morgan fingerprint density at radius 3 is 2.60 bits per heavy atom. The first-order valence-electron chi connectivity index (χ1n) is 5.43. The number of carboxylic acid groups (broad SMARTS) is 1. The fraction of sp³-hybridized carbons (Fsp3) is 0. The highest BCUT2D eigenvalue weighted by molar-refractivity contribution is 14.1. The lowest BCUT2D eigenvalue weighted by molar-refractivity contribution is 0.0698. The number of benzene rings is 1. The van der Waals surface area contributed by atoms with Crippen LogP contribution in [-0.2, 0) is 0 Å². The maximum Gasteiger partial charge on any atom is 0.337 e. The van der Waals surface area contributed by atoms with Crippen LogP contribution in [0.2, 0.25) is 5.02 Å². The molecule has 0 saturated heterocycles. The Labute approximate surface area is 133 Å². The van der Waals surface area contributed by atoms with Crippen molar-refractivity contribution >= 4 is 51.8 Å². The van der Waals surface area contributed by atoms with E-state index in [4.69, 9.17) is 16.7 Å². The van der Waals surface area contributed by atoms with Crippen molar-refractivity contribution in [2.45, 2.75) is 0 Å². The number of nitrogens with one attached hydrogen (secondary N) is 1. The second kappa shape index (κ2) is 6.19. The van der Waals surface area contributed by atoms with Gasteiger partial charge in [-0.2, -0.15) is 0 Å². The van der Waals surface area contributed by atoms with Gasteiger partial charge in [-0.15, -0.1) is 0 Å². The molecule has 1 aromatic carbocycles. The third kappa shape index (κ3) is 3.45. The summed E-state index contributed by atoms with van der Waals surface area (Å²) in [4.78, 5) is 27.0. The summed E-state index contributed by atoms with van der Waals surface area (Å²) in [6, 6.07) is 7.73. The first kappa shape index (κ1) is 14.7. The van der Waals surface area contributed by atoms with Crippen molar-refractivity contribution in [3.05, 3.63) is 56.4 Å². The van der Waals surface area contributed by atoms with Gasteiger partial charge in [-0.1, -0.05) is 11.6 Å². The van der Waals surface area contributed by atoms with Crippen LogP contribution in [-0.4, -0.2) is 22.0 Å². The van der Waals surface area contributed by atoms with E-state index in [-0.39, 0.29) is 16.9 Å². The quantitative estimate of drug-likeness (QED) is 0.772. The number of hydrogen-bond acceptors (Lipinski definition) is 3. The molecule has 0 aliphatic heterocycles. The number of aromatic nitrogens is 1. The van der Waals surface area contributed by atoms with Gasteiger partial charge in [0.2, 0.25) is 0 Å². The molecule has 5 nitrogen and oxygen atoms in total. The summed E-state index contributed by atoms with van der Waals surface area (Å²) < 4.78 is 0.766. The van der Waals surface area contributed by atoms with E-state index in [0.717, 1.165) is 3.57 Å². The van der Waals surface area contributed by atoms with Gasteiger partial charge in [0.05, 0.1) is 16.3 Å². The largest absolute Gasteiger partial charge is 0.478 e. The van der Waals surface area contributed by atoms with Gasteiger partial charge < -0.3 is 10.4 Å². The minimum absolute atomic E-state index is 0.0270. The molecule has 102 valence electrons. The average molecular weight is 403 g/mol. The molecule has 0 spiro atoms. The van der Waals surface area contributed by atoms with Crippen LogP contribution in [0.5, 0.6) is 0 Å². The zero-order chi connectivity index (χ0) is 14.7. The zero-order valence-electron chi connectivity index (χ0n) is 9.93. The van der Waals surface area contributed by atoms with Crippen molar-refractivity contribution in [1.82, 2.24) is 4.98 Å². The lowest BCUT2D eigenvalue weighted by Crippen LogP contribution is -2.16. The third-order valence-electron chi connectivity index (χ3n) is 2.42. The summed E-state index contributed by atoms with van der Waals surface area (Å²) in [5.41, 5.74) is 0.406. The predicted octanol–water partition coefficient (Wildman–Crippen LogP) is 3.29. The average Bonchev–Trinajstić information content (AvgIpc) is 2.41. The minimum atomic E-state index is -1.11. The van der Waals surface area contributed by atoms with E-state index < -0.39 is 11.9 Å². The Hall–Kier alpha value is -1.67. The number of carboxylic acids is 1. The van der Waals surface area contributed by atoms with Gasteiger partial charge in [0.1, 0.15) is 5.69 Å². The molecule has 7 heteroatoms. The zero-order valence-corrected chi connectivity index (χ0v) is 12.8. The summed E-state index contributed by atoms with van der Waals surface area (Å²) in [6.07, 6.45) is 1.35. The Bertz CT molecular complexity index is 674. The Morgan fingerprint density at radius 1 is 1.25 bits per heavy atom. The molecule has 0 aliphatic carbocycles. The van der Waals surface area contributed by atoms with Crippen LogP contribution in [0.25, 0.3) is 0 Å². The molecule has 1 heterocycles. The van der Waals surface area contributed by atoms with E-state index in [1.807, 2.05) is 22.6 Å². The van der Waals surface area contributed by atoms with E-state index in [9.17, 15) is 9.59 Å². The van der Waals surface area contributed by atoms with Gasteiger partial charge in [-0.05, 0) is 52.9 Å². The smallest absolute Gasteiger partial charge is 0.337 e. The van der Waals surface area contributed by atoms with Gasteiger partial charge >= 0.3 is 5.97 Å². The highest BCUT2D eigenvalue weighted by Gasteiger charge is 2.14. The summed E-state index contributed by atoms with van der Waals surface area (Å²) >= 11 is 7.69. The monoisotopic (exact) mass is 402 g/mol. The molecule has 0 radical (unpaired) electrons. The summed E-state index contributed by atoms with van der Waals surface area (Å²) in [5, 5.41) is 12.1. The number of carbonyl (C=O) groups excluding carboxylic acids is 1. The van der Waals surface area contributed by atoms with Crippen LogP contribution in [0.1, 0.15) is 20.8 Å². The Kier molecular flexibility index (Phi) is 4.56. The number of halogens is 2. The maximum atomic E-state index is 12.0. The van der Waals surface area contributed by atoms with Crippen LogP contribution in [0.3, 0.4) is 0 Å². The van der Waals surface area contributed by atoms with Crippen LogP contribution in [0, 0.1) is 3.57 Å². The molecule has 2 aromatic rings. The first-order chi connectivity index (χ1) is 9.47. The van der Waals surface area contributed by atoms with Gasteiger partial charge in [0.25, 0.3) is 5.91 Å². The molecule has 2 rings (SSSR count). The second-order valence-electron chi connectivity index (χ2n) is 3.81. The normalized spacial score (nSPS) is 10.1. The van der Waals surface area contributed by atoms with Crippen molar-refractivity contribution in [3.8, 4) is 0 Å². The minimum Gasteiger partial charge on any atom is -0.478 e. The predicted molar refractivity (Wildman–Crippen MR) is 83.3 cm³/mol. The summed E-state index contributed by atoms with van der Waals surface area (Å²) in [7, 11) is 0. The van der Waals surface area contributed by atoms with E-state index in [1.165, 1.54) is 24.4 Å². The number of aromatic carboxylic acids is 1. The van der Waals surface area contributed by atoms with E-state index in [1.54, 1.807) is 12.1 Å². The number of carbonyl (C=O) groups is 2. The van der Waals surface area contributed by atoms with Crippen LogP contribution in [0.15, 0.2) is 36.5 Å². The number of amides is 1. The molecule has 0 atom stereocenters. The standard InChI is InChI=1S/C13H8ClIN2O3/c14-7-1-3-11(16-6-7)12(18)17-10-4-2-8(15)5-9(10)13(19)20/h1-6H,(H,17,18)(H,19,20). The van der Waals surface area contributed by atoms with Crippen molar-refractivity contribution in [1.29, 1.82) is 0 Å². The molecule has 1 amide bonds. The number of nitrogens with zero attached hydrogens (tertiary/aromatic N) is 1. The molecule has 0 saturated carbocycles. The van der Waals surface area contributed by atoms with Crippen LogP contribution in [0.4, 0.5) is 5.69 Å². The van der Waals surface area contributed by atoms with Gasteiger partial charge in [0.15, 0.2) is 0 Å². The van der Waals surface area contributed by atoms with Crippen molar-refractivity contribution in [3.63, 3.8) is 0 Å². The van der Waals surface area contributed by atoms with Crippen molar-refractivity contribution < 1.29 is 14.7 Å². The van der Waals surface area contributed by atoms with Crippen molar-refractivity contribution in [2.24, 2.45) is 0 Å². The maximum absolute atomic E-state index is 12.0. The summed E-state index contributed by atoms with van der Waals surface area (Å²) in [5.74, 6) is -1.60. The molecular formula is C13H8ClIN2O3. The van der Waals surface area contributed by atoms with Crippen LogP contribution < -0.4 is 5.32 Å².